The molecule has 0 fully saturated rings. The first-order valence-corrected chi connectivity index (χ1v) is 11.7. The predicted octanol–water partition coefficient (Wildman–Crippen LogP) is 4.59. The van der Waals surface area contributed by atoms with E-state index < -0.39 is 35.8 Å². The summed E-state index contributed by atoms with van der Waals surface area (Å²) < 4.78 is 65.0. The van der Waals surface area contributed by atoms with Crippen LogP contribution >= 0.6 is 11.6 Å². The fourth-order valence-electron chi connectivity index (χ4n) is 3.08. The maximum atomic E-state index is 11.7. The molecule has 0 bridgehead atoms. The Labute approximate surface area is 180 Å². The first-order valence-electron chi connectivity index (χ1n) is 8.39. The number of nitrogens with one attached hydrogen (secondary N) is 1. The van der Waals surface area contributed by atoms with Crippen molar-refractivity contribution in [1.29, 1.82) is 0 Å². The number of benzene rings is 3. The van der Waals surface area contributed by atoms with Crippen LogP contribution in [0.15, 0.2) is 68.6 Å². The maximum absolute atomic E-state index is 11.7. The minimum atomic E-state index is -4.91. The molecule has 3 aromatic carbocycles. The van der Waals surface area contributed by atoms with E-state index >= 15 is 0 Å². The van der Waals surface area contributed by atoms with Crippen LogP contribution < -0.4 is 0 Å². The van der Waals surface area contributed by atoms with Crippen LogP contribution in [0.4, 0.5) is 11.4 Å². The third-order valence-electron chi connectivity index (χ3n) is 4.48. The van der Waals surface area contributed by atoms with E-state index in [4.69, 9.17) is 11.6 Å². The SMILES string of the molecule is O=S(=O)(O)c1ccc2c(N=Nc3c(Cl)[nH]c4ccccc34)c(O)c(S(=O)(=O)O)cc2c1. The largest absolute Gasteiger partial charge is 0.504 e. The van der Waals surface area contributed by atoms with E-state index in [1.807, 2.05) is 0 Å². The molecular weight excluding hydrogens is 470 g/mol. The Morgan fingerprint density at radius 2 is 1.52 bits per heavy atom. The van der Waals surface area contributed by atoms with Gasteiger partial charge in [0.2, 0.25) is 0 Å². The minimum Gasteiger partial charge on any atom is -0.504 e. The molecule has 0 saturated heterocycles. The number of azo groups is 1. The Morgan fingerprint density at radius 1 is 0.839 bits per heavy atom. The van der Waals surface area contributed by atoms with Crippen LogP contribution in [0, 0.1) is 0 Å². The number of nitrogens with zero attached hydrogens (tertiary/aromatic N) is 2. The molecule has 0 radical (unpaired) electrons. The number of rotatable bonds is 4. The molecule has 4 rings (SSSR count). The third-order valence-corrected chi connectivity index (χ3v) is 6.47. The number of hydrogen-bond acceptors (Lipinski definition) is 7. The molecule has 0 aliphatic heterocycles. The number of hydrogen-bond donors (Lipinski definition) is 4. The molecule has 1 heterocycles. The number of aromatic hydroxyl groups is 1. The molecule has 13 heteroatoms. The molecule has 0 aliphatic carbocycles. The van der Waals surface area contributed by atoms with Gasteiger partial charge in [-0.05, 0) is 29.7 Å². The van der Waals surface area contributed by atoms with Crippen molar-refractivity contribution in [2.45, 2.75) is 9.79 Å². The Hall–Kier alpha value is -3.03. The number of para-hydroxylation sites is 1. The summed E-state index contributed by atoms with van der Waals surface area (Å²) in [5.74, 6) is -0.894. The molecule has 1 aromatic heterocycles. The Kier molecular flexibility index (Phi) is 4.98. The number of phenols is 1. The van der Waals surface area contributed by atoms with Gasteiger partial charge < -0.3 is 10.1 Å². The lowest BCUT2D eigenvalue weighted by atomic mass is 10.1. The van der Waals surface area contributed by atoms with E-state index in [9.17, 15) is 31.0 Å². The summed E-state index contributed by atoms with van der Waals surface area (Å²) in [5, 5.41) is 19.2. The summed E-state index contributed by atoms with van der Waals surface area (Å²) in [4.78, 5) is 1.46. The van der Waals surface area contributed by atoms with E-state index in [0.717, 1.165) is 18.2 Å². The van der Waals surface area contributed by atoms with Crippen molar-refractivity contribution < 1.29 is 31.0 Å². The highest BCUT2D eigenvalue weighted by molar-refractivity contribution is 7.86. The highest BCUT2D eigenvalue weighted by atomic mass is 35.5. The van der Waals surface area contributed by atoms with Crippen LogP contribution in [0.25, 0.3) is 21.7 Å². The van der Waals surface area contributed by atoms with E-state index in [0.29, 0.717) is 10.9 Å². The first kappa shape index (κ1) is 21.2. The Bertz CT molecular complexity index is 1610. The molecule has 0 saturated carbocycles. The van der Waals surface area contributed by atoms with Gasteiger partial charge in [-0.15, -0.1) is 10.2 Å². The molecule has 4 aromatic rings. The molecular formula is C18H12ClN3O7S2. The second-order valence-electron chi connectivity index (χ2n) is 6.44. The zero-order valence-corrected chi connectivity index (χ0v) is 17.6. The first-order chi connectivity index (χ1) is 14.5. The van der Waals surface area contributed by atoms with Crippen molar-refractivity contribution in [3.05, 3.63) is 53.7 Å². The van der Waals surface area contributed by atoms with Gasteiger partial charge >= 0.3 is 0 Å². The van der Waals surface area contributed by atoms with Crippen LogP contribution in [0.1, 0.15) is 0 Å². The Balaban J connectivity index is 2.00. The number of phenolic OH excluding ortho intramolecular Hbond substituents is 1. The van der Waals surface area contributed by atoms with Gasteiger partial charge in [-0.3, -0.25) is 9.11 Å². The summed E-state index contributed by atoms with van der Waals surface area (Å²) in [7, 11) is -9.50. The molecule has 31 heavy (non-hydrogen) atoms. The smallest absolute Gasteiger partial charge is 0.298 e. The molecule has 160 valence electrons. The van der Waals surface area contributed by atoms with Gasteiger partial charge in [0.25, 0.3) is 20.2 Å². The lowest BCUT2D eigenvalue weighted by molar-refractivity contribution is 0.445. The number of halogens is 1. The average molecular weight is 482 g/mol. The van der Waals surface area contributed by atoms with Crippen molar-refractivity contribution in [3.8, 4) is 5.75 Å². The predicted molar refractivity (Wildman–Crippen MR) is 113 cm³/mol. The van der Waals surface area contributed by atoms with E-state index in [2.05, 4.69) is 15.2 Å². The molecule has 0 amide bonds. The topological polar surface area (TPSA) is 169 Å². The fourth-order valence-corrected chi connectivity index (χ4v) is 4.45. The second kappa shape index (κ2) is 7.28. The number of fused-ring (bicyclic) bond motifs is 2. The van der Waals surface area contributed by atoms with E-state index in [-0.39, 0.29) is 27.3 Å². The van der Waals surface area contributed by atoms with Crippen molar-refractivity contribution in [1.82, 2.24) is 4.98 Å². The zero-order chi connectivity index (χ0) is 22.6. The summed E-state index contributed by atoms with van der Waals surface area (Å²) in [6, 6.07) is 11.1. The summed E-state index contributed by atoms with van der Waals surface area (Å²) in [6.45, 7) is 0. The summed E-state index contributed by atoms with van der Waals surface area (Å²) >= 11 is 6.16. The van der Waals surface area contributed by atoms with Gasteiger partial charge in [-0.2, -0.15) is 16.8 Å². The minimum absolute atomic E-state index is 0.0421. The molecule has 0 unspecified atom stereocenters. The van der Waals surface area contributed by atoms with Gasteiger partial charge in [0.15, 0.2) is 5.75 Å². The third kappa shape index (κ3) is 3.86. The van der Waals surface area contributed by atoms with Gasteiger partial charge in [0.05, 0.1) is 4.90 Å². The normalized spacial score (nSPS) is 12.9. The quantitative estimate of drug-likeness (QED) is 0.244. The number of H-pyrrole nitrogens is 1. The van der Waals surface area contributed by atoms with Crippen LogP contribution in [0.3, 0.4) is 0 Å². The fraction of sp³-hybridized carbons (Fsp3) is 0. The monoisotopic (exact) mass is 481 g/mol. The van der Waals surface area contributed by atoms with E-state index in [1.165, 1.54) is 6.07 Å². The van der Waals surface area contributed by atoms with Gasteiger partial charge in [0.1, 0.15) is 21.4 Å². The average Bonchev–Trinajstić information content (AvgIpc) is 3.00. The lowest BCUT2D eigenvalue weighted by Crippen LogP contribution is -2.00. The van der Waals surface area contributed by atoms with Gasteiger partial charge in [-0.25, -0.2) is 0 Å². The van der Waals surface area contributed by atoms with Crippen LogP contribution in [0.2, 0.25) is 5.15 Å². The molecule has 10 nitrogen and oxygen atoms in total. The van der Waals surface area contributed by atoms with Crippen molar-refractivity contribution >= 4 is 64.9 Å². The molecule has 4 N–H and O–H groups in total. The Morgan fingerprint density at radius 3 is 2.19 bits per heavy atom. The molecule has 0 spiro atoms. The standard InChI is InChI=1S/C18H12ClN3O7S2/c19-18-16(12-3-1-2-4-13(12)20-18)22-21-15-11-6-5-10(30(24,25)26)7-9(11)8-14(17(15)23)31(27,28)29/h1-8,20,23H,(H,24,25,26)(H,27,28,29). The summed E-state index contributed by atoms with van der Waals surface area (Å²) in [5.41, 5.74) is 0.532. The van der Waals surface area contributed by atoms with Crippen LogP contribution in [0.5, 0.6) is 5.75 Å². The lowest BCUT2D eigenvalue weighted by Gasteiger charge is -2.09. The van der Waals surface area contributed by atoms with Gasteiger partial charge in [0, 0.05) is 16.3 Å². The highest BCUT2D eigenvalue weighted by Crippen LogP contribution is 2.43. The van der Waals surface area contributed by atoms with Crippen molar-refractivity contribution in [2.24, 2.45) is 10.2 Å². The van der Waals surface area contributed by atoms with E-state index in [1.54, 1.807) is 24.3 Å². The van der Waals surface area contributed by atoms with Crippen LogP contribution in [-0.4, -0.2) is 36.0 Å². The number of aromatic nitrogens is 1. The molecule has 0 atom stereocenters. The van der Waals surface area contributed by atoms with Crippen molar-refractivity contribution in [3.63, 3.8) is 0 Å². The molecule has 0 aliphatic rings. The van der Waals surface area contributed by atoms with Gasteiger partial charge in [-0.1, -0.05) is 35.9 Å². The summed E-state index contributed by atoms with van der Waals surface area (Å²) in [6.07, 6.45) is 0. The zero-order valence-electron chi connectivity index (χ0n) is 15.2. The van der Waals surface area contributed by atoms with Crippen LogP contribution in [-0.2, 0) is 20.2 Å². The maximum Gasteiger partial charge on any atom is 0.298 e. The second-order valence-corrected chi connectivity index (χ2v) is 9.63. The number of aromatic amines is 1. The highest BCUT2D eigenvalue weighted by Gasteiger charge is 2.23. The van der Waals surface area contributed by atoms with Crippen molar-refractivity contribution in [2.75, 3.05) is 0 Å².